The van der Waals surface area contributed by atoms with Crippen LogP contribution in [0.4, 0.5) is 11.4 Å². The zero-order chi connectivity index (χ0) is 30.6. The molecule has 9 nitrogen and oxygen atoms in total. The van der Waals surface area contributed by atoms with Gasteiger partial charge in [0, 0.05) is 50.7 Å². The number of nitrogens with zero attached hydrogens (tertiary/aromatic N) is 4. The molecule has 0 fully saturated rings. The van der Waals surface area contributed by atoms with Gasteiger partial charge in [-0.15, -0.1) is 24.8 Å². The number of aryl methyl sites for hydroxylation is 1. The normalized spacial score (nSPS) is 14.7. The summed E-state index contributed by atoms with van der Waals surface area (Å²) in [6.07, 6.45) is 5.04. The molecule has 1 aliphatic rings. The number of aromatic nitrogens is 2. The van der Waals surface area contributed by atoms with Gasteiger partial charge in [-0.1, -0.05) is 18.2 Å². The zero-order valence-electron chi connectivity index (χ0n) is 26.1. The van der Waals surface area contributed by atoms with Gasteiger partial charge in [-0.25, -0.2) is 0 Å². The van der Waals surface area contributed by atoms with Crippen LogP contribution in [0, 0.1) is 5.41 Å². The molecule has 0 aliphatic carbocycles. The summed E-state index contributed by atoms with van der Waals surface area (Å²) in [7, 11) is 1.70. The lowest BCUT2D eigenvalue weighted by atomic mass is 9.90. The average Bonchev–Trinajstić information content (AvgIpc) is 3.07. The number of carbonyl (C=O) groups excluding carboxylic acids is 2. The van der Waals surface area contributed by atoms with Crippen LogP contribution in [0.3, 0.4) is 0 Å². The van der Waals surface area contributed by atoms with E-state index in [9.17, 15) is 14.4 Å². The molecule has 2 aromatic carbocycles. The number of carbonyl (C=O) groups is 2. The number of fused-ring (bicyclic) bond motifs is 2. The van der Waals surface area contributed by atoms with Crippen molar-refractivity contribution in [2.75, 3.05) is 36.5 Å². The fourth-order valence-electron chi connectivity index (χ4n) is 5.72. The van der Waals surface area contributed by atoms with Crippen molar-refractivity contribution in [2.24, 2.45) is 5.41 Å². The molecule has 0 saturated carbocycles. The number of pyridine rings is 2. The van der Waals surface area contributed by atoms with Gasteiger partial charge >= 0.3 is 0 Å². The first-order valence-corrected chi connectivity index (χ1v) is 14.8. The van der Waals surface area contributed by atoms with Crippen molar-refractivity contribution in [3.05, 3.63) is 95.0 Å². The largest absolute Gasteiger partial charge is 0.493 e. The molecule has 5 rings (SSSR count). The summed E-state index contributed by atoms with van der Waals surface area (Å²) >= 11 is 0. The number of hydrogen-bond acceptors (Lipinski definition) is 6. The first kappa shape index (κ1) is 35.6. The predicted octanol–water partition coefficient (Wildman–Crippen LogP) is 5.79. The van der Waals surface area contributed by atoms with Gasteiger partial charge in [0.25, 0.3) is 5.56 Å². The molecule has 4 aromatic rings. The molecule has 1 N–H and O–H groups in total. The second-order valence-corrected chi connectivity index (χ2v) is 11.3. The Morgan fingerprint density at radius 2 is 1.64 bits per heavy atom. The van der Waals surface area contributed by atoms with Crippen LogP contribution in [-0.2, 0) is 16.1 Å². The fourth-order valence-corrected chi connectivity index (χ4v) is 5.72. The fraction of sp³-hybridized carbons (Fsp3) is 0.353. The van der Waals surface area contributed by atoms with E-state index in [0.29, 0.717) is 43.4 Å². The molecule has 1 aliphatic heterocycles. The molecule has 1 unspecified atom stereocenters. The Balaban J connectivity index is 0.00000276. The van der Waals surface area contributed by atoms with Gasteiger partial charge in [-0.2, -0.15) is 0 Å². The van der Waals surface area contributed by atoms with Gasteiger partial charge in [-0.05, 0) is 87.5 Å². The summed E-state index contributed by atoms with van der Waals surface area (Å²) in [5.74, 6) is 0.186. The SMILES string of the molecule is CCN1C(=O)C(C)(C)C(=O)N(C)c2cc(OCCCNC(CCn3c(=O)ccc4ccccc43)c3ccncc3)ccc21.Cl.Cl. The molecule has 0 saturated heterocycles. The molecule has 240 valence electrons. The first-order valence-electron chi connectivity index (χ1n) is 14.8. The van der Waals surface area contributed by atoms with Crippen LogP contribution in [-0.4, -0.2) is 48.1 Å². The van der Waals surface area contributed by atoms with Gasteiger partial charge in [0.05, 0.1) is 23.5 Å². The van der Waals surface area contributed by atoms with Gasteiger partial charge < -0.3 is 24.4 Å². The second kappa shape index (κ2) is 15.4. The van der Waals surface area contributed by atoms with Crippen LogP contribution >= 0.6 is 24.8 Å². The van der Waals surface area contributed by atoms with Gasteiger partial charge in [0.2, 0.25) is 11.8 Å². The van der Waals surface area contributed by atoms with Crippen molar-refractivity contribution in [2.45, 2.75) is 46.2 Å². The maximum atomic E-state index is 13.1. The minimum atomic E-state index is -1.15. The van der Waals surface area contributed by atoms with Crippen molar-refractivity contribution in [3.8, 4) is 5.75 Å². The number of hydrogen-bond donors (Lipinski definition) is 1. The Morgan fingerprint density at radius 3 is 2.38 bits per heavy atom. The van der Waals surface area contributed by atoms with E-state index in [4.69, 9.17) is 4.74 Å². The molecule has 0 radical (unpaired) electrons. The third-order valence-corrected chi connectivity index (χ3v) is 8.16. The second-order valence-electron chi connectivity index (χ2n) is 11.3. The van der Waals surface area contributed by atoms with E-state index in [1.807, 2.05) is 72.2 Å². The van der Waals surface area contributed by atoms with E-state index in [1.54, 1.807) is 49.2 Å². The maximum Gasteiger partial charge on any atom is 0.251 e. The van der Waals surface area contributed by atoms with Crippen molar-refractivity contribution >= 4 is 58.9 Å². The summed E-state index contributed by atoms with van der Waals surface area (Å²) in [6.45, 7) is 7.47. The molecule has 45 heavy (non-hydrogen) atoms. The number of para-hydroxylation sites is 1. The van der Waals surface area contributed by atoms with E-state index in [0.717, 1.165) is 29.3 Å². The highest BCUT2D eigenvalue weighted by atomic mass is 35.5. The number of nitrogens with one attached hydrogen (secondary N) is 1. The molecule has 0 bridgehead atoms. The molecule has 0 spiro atoms. The van der Waals surface area contributed by atoms with Crippen LogP contribution in [0.1, 0.15) is 45.2 Å². The third-order valence-electron chi connectivity index (χ3n) is 8.16. The van der Waals surface area contributed by atoms with E-state index >= 15 is 0 Å². The lowest BCUT2D eigenvalue weighted by Crippen LogP contribution is -2.47. The summed E-state index contributed by atoms with van der Waals surface area (Å²) in [6, 6.07) is 21.0. The van der Waals surface area contributed by atoms with Crippen molar-refractivity contribution in [1.82, 2.24) is 14.9 Å². The Kier molecular flexibility index (Phi) is 12.2. The molecule has 2 amide bonds. The lowest BCUT2D eigenvalue weighted by Gasteiger charge is -2.27. The summed E-state index contributed by atoms with van der Waals surface area (Å²) < 4.78 is 7.92. The lowest BCUT2D eigenvalue weighted by molar-refractivity contribution is -0.137. The molecular weight excluding hydrogens is 613 g/mol. The average molecular weight is 655 g/mol. The summed E-state index contributed by atoms with van der Waals surface area (Å²) in [5.41, 5.74) is 2.24. The van der Waals surface area contributed by atoms with E-state index in [2.05, 4.69) is 10.3 Å². The minimum absolute atomic E-state index is 0. The quantitative estimate of drug-likeness (QED) is 0.163. The summed E-state index contributed by atoms with van der Waals surface area (Å²) in [5, 5.41) is 4.68. The molecule has 3 heterocycles. The number of rotatable bonds is 11. The van der Waals surface area contributed by atoms with Crippen molar-refractivity contribution < 1.29 is 14.3 Å². The monoisotopic (exact) mass is 653 g/mol. The molecule has 2 aromatic heterocycles. The molecule has 11 heteroatoms. The van der Waals surface area contributed by atoms with Crippen molar-refractivity contribution in [1.29, 1.82) is 0 Å². The van der Waals surface area contributed by atoms with Gasteiger partial charge in [-0.3, -0.25) is 19.4 Å². The van der Waals surface area contributed by atoms with Crippen molar-refractivity contribution in [3.63, 3.8) is 0 Å². The Morgan fingerprint density at radius 1 is 0.911 bits per heavy atom. The number of halogens is 2. The minimum Gasteiger partial charge on any atom is -0.493 e. The molecular formula is C34H41Cl2N5O4. The molecule has 1 atom stereocenters. The first-order chi connectivity index (χ1) is 20.7. The zero-order valence-corrected chi connectivity index (χ0v) is 27.7. The highest BCUT2D eigenvalue weighted by Gasteiger charge is 2.45. The number of benzene rings is 2. The third kappa shape index (κ3) is 7.49. The van der Waals surface area contributed by atoms with Crippen LogP contribution < -0.4 is 25.4 Å². The van der Waals surface area contributed by atoms with Crippen LogP contribution in [0.2, 0.25) is 0 Å². The predicted molar refractivity (Wildman–Crippen MR) is 184 cm³/mol. The number of anilines is 2. The number of amides is 2. The van der Waals surface area contributed by atoms with Gasteiger partial charge in [0.15, 0.2) is 0 Å². The van der Waals surface area contributed by atoms with Crippen LogP contribution in [0.15, 0.2) is 83.9 Å². The van der Waals surface area contributed by atoms with Crippen LogP contribution in [0.25, 0.3) is 10.9 Å². The van der Waals surface area contributed by atoms with E-state index in [-0.39, 0.29) is 48.2 Å². The Bertz CT molecular complexity index is 1680. The van der Waals surface area contributed by atoms with E-state index in [1.165, 1.54) is 0 Å². The highest BCUT2D eigenvalue weighted by molar-refractivity contribution is 6.20. The standard InChI is InChI=1S/C34H39N5O4.2ClH/c1-5-38-29-13-12-26(23-30(29)37(4)32(41)34(2,3)33(38)42)43-22-8-18-36-27(24-15-19-35-20-16-24)17-21-39-28-10-7-6-9-25(28)11-14-31(39)40;;/h6-7,9-16,19-20,23,27,36H,5,8,17-18,21-22H2,1-4H3;2*1H. The smallest absolute Gasteiger partial charge is 0.251 e. The Hall–Kier alpha value is -3.92. The number of ether oxygens (including phenoxy) is 1. The topological polar surface area (TPSA) is 96.8 Å². The maximum absolute atomic E-state index is 13.1. The van der Waals surface area contributed by atoms with E-state index < -0.39 is 5.41 Å². The highest BCUT2D eigenvalue weighted by Crippen LogP contribution is 2.40. The van der Waals surface area contributed by atoms with Crippen LogP contribution in [0.5, 0.6) is 5.75 Å². The van der Waals surface area contributed by atoms with Gasteiger partial charge in [0.1, 0.15) is 11.2 Å². The summed E-state index contributed by atoms with van der Waals surface area (Å²) in [4.78, 5) is 46.4. The Labute approximate surface area is 276 Å².